The number of rotatable bonds is 5. The first-order chi connectivity index (χ1) is 10.0. The molecule has 0 fully saturated rings. The highest BCUT2D eigenvalue weighted by atomic mass is 19.4. The van der Waals surface area contributed by atoms with E-state index in [1.165, 1.54) is 6.92 Å². The molecule has 0 saturated carbocycles. The van der Waals surface area contributed by atoms with E-state index >= 15 is 0 Å². The summed E-state index contributed by atoms with van der Waals surface area (Å²) >= 11 is 0. The second-order valence-corrected chi connectivity index (χ2v) is 4.25. The summed E-state index contributed by atoms with van der Waals surface area (Å²) < 4.78 is 76.9. The molecule has 0 aliphatic carbocycles. The Balaban J connectivity index is 2.53. The van der Waals surface area contributed by atoms with E-state index in [-0.39, 0.29) is 24.4 Å². The van der Waals surface area contributed by atoms with Crippen molar-refractivity contribution in [1.82, 2.24) is 10.3 Å². The van der Waals surface area contributed by atoms with E-state index in [1.807, 2.05) is 0 Å². The van der Waals surface area contributed by atoms with Crippen LogP contribution in [-0.2, 0) is 10.9 Å². The van der Waals surface area contributed by atoms with Crippen LogP contribution >= 0.6 is 0 Å². The Kier molecular flexibility index (Phi) is 5.75. The van der Waals surface area contributed by atoms with Gasteiger partial charge in [-0.25, -0.2) is 4.98 Å². The Hall–Kier alpha value is -1.84. The predicted octanol–water partition coefficient (Wildman–Crippen LogP) is 2.72. The van der Waals surface area contributed by atoms with E-state index in [1.54, 1.807) is 0 Å². The van der Waals surface area contributed by atoms with Gasteiger partial charge in [0.15, 0.2) is 0 Å². The number of carbonyl (C=O) groups excluding carboxylic acids is 1. The van der Waals surface area contributed by atoms with Crippen molar-refractivity contribution in [2.24, 2.45) is 0 Å². The third-order valence-corrected chi connectivity index (χ3v) is 2.42. The number of carbonyl (C=O) groups is 1. The van der Waals surface area contributed by atoms with Crippen LogP contribution in [0, 0.1) is 6.92 Å². The molecule has 0 aliphatic heterocycles. The van der Waals surface area contributed by atoms with Crippen LogP contribution in [0.1, 0.15) is 21.7 Å². The molecule has 1 aromatic rings. The highest BCUT2D eigenvalue weighted by Gasteiger charge is 2.33. The van der Waals surface area contributed by atoms with Crippen molar-refractivity contribution in [2.45, 2.75) is 19.3 Å². The van der Waals surface area contributed by atoms with E-state index < -0.39 is 30.6 Å². The average molecular weight is 330 g/mol. The topological polar surface area (TPSA) is 51.2 Å². The van der Waals surface area contributed by atoms with Crippen LogP contribution in [0.5, 0.6) is 0 Å². The van der Waals surface area contributed by atoms with E-state index in [9.17, 15) is 31.1 Å². The molecular formula is C12H12F6N2O2. The van der Waals surface area contributed by atoms with Crippen molar-refractivity contribution in [3.05, 3.63) is 29.1 Å². The molecule has 1 rings (SSSR count). The molecule has 1 aromatic heterocycles. The summed E-state index contributed by atoms with van der Waals surface area (Å²) in [4.78, 5) is 15.0. The van der Waals surface area contributed by atoms with Gasteiger partial charge in [-0.3, -0.25) is 4.79 Å². The molecule has 0 aliphatic rings. The number of aryl methyl sites for hydroxylation is 1. The summed E-state index contributed by atoms with van der Waals surface area (Å²) in [5.41, 5.74) is -1.36. The Morgan fingerprint density at radius 2 is 1.86 bits per heavy atom. The second kappa shape index (κ2) is 6.95. The monoisotopic (exact) mass is 330 g/mol. The lowest BCUT2D eigenvalue weighted by molar-refractivity contribution is -0.173. The smallest absolute Gasteiger partial charge is 0.370 e. The van der Waals surface area contributed by atoms with Crippen LogP contribution < -0.4 is 5.32 Å². The number of nitrogens with one attached hydrogen (secondary N) is 1. The Morgan fingerprint density at radius 1 is 1.23 bits per heavy atom. The van der Waals surface area contributed by atoms with Gasteiger partial charge in [0.25, 0.3) is 5.91 Å². The molecule has 0 unspecified atom stereocenters. The molecule has 0 saturated heterocycles. The number of hydrogen-bond donors (Lipinski definition) is 1. The Morgan fingerprint density at radius 3 is 2.36 bits per heavy atom. The van der Waals surface area contributed by atoms with Gasteiger partial charge in [-0.15, -0.1) is 0 Å². The summed E-state index contributed by atoms with van der Waals surface area (Å²) in [7, 11) is 0. The number of aromatic nitrogens is 1. The molecule has 1 heterocycles. The molecule has 0 spiro atoms. The van der Waals surface area contributed by atoms with Gasteiger partial charge in [-0.05, 0) is 19.1 Å². The number of alkyl halides is 6. The van der Waals surface area contributed by atoms with E-state index in [0.717, 1.165) is 6.07 Å². The molecule has 10 heteroatoms. The zero-order chi connectivity index (χ0) is 17.0. The molecule has 0 radical (unpaired) electrons. The van der Waals surface area contributed by atoms with Crippen molar-refractivity contribution in [2.75, 3.05) is 19.8 Å². The highest BCUT2D eigenvalue weighted by molar-refractivity contribution is 5.95. The molecule has 1 N–H and O–H groups in total. The van der Waals surface area contributed by atoms with E-state index in [0.29, 0.717) is 6.07 Å². The molecule has 22 heavy (non-hydrogen) atoms. The number of hydrogen-bond acceptors (Lipinski definition) is 3. The first kappa shape index (κ1) is 18.2. The number of halogens is 6. The SMILES string of the molecule is Cc1nc(C(F)(F)F)ccc1C(=O)NCCOCC(F)(F)F. The third kappa shape index (κ3) is 5.88. The lowest BCUT2D eigenvalue weighted by Crippen LogP contribution is -2.29. The van der Waals surface area contributed by atoms with Gasteiger partial charge in [-0.2, -0.15) is 26.3 Å². The molecule has 124 valence electrons. The van der Waals surface area contributed by atoms with Crippen LogP contribution in [0.15, 0.2) is 12.1 Å². The van der Waals surface area contributed by atoms with Gasteiger partial charge in [0.05, 0.1) is 17.9 Å². The lowest BCUT2D eigenvalue weighted by Gasteiger charge is -2.11. The molecule has 0 atom stereocenters. The van der Waals surface area contributed by atoms with Crippen LogP contribution in [0.2, 0.25) is 0 Å². The largest absolute Gasteiger partial charge is 0.433 e. The van der Waals surface area contributed by atoms with Gasteiger partial charge in [0.1, 0.15) is 12.3 Å². The highest BCUT2D eigenvalue weighted by Crippen LogP contribution is 2.28. The minimum Gasteiger partial charge on any atom is -0.370 e. The van der Waals surface area contributed by atoms with Gasteiger partial charge < -0.3 is 10.1 Å². The van der Waals surface area contributed by atoms with Crippen molar-refractivity contribution in [3.63, 3.8) is 0 Å². The maximum Gasteiger partial charge on any atom is 0.433 e. The van der Waals surface area contributed by atoms with Gasteiger partial charge in [0, 0.05) is 6.54 Å². The fraction of sp³-hybridized carbons (Fsp3) is 0.500. The first-order valence-corrected chi connectivity index (χ1v) is 5.98. The molecule has 0 aromatic carbocycles. The molecule has 0 bridgehead atoms. The molecular weight excluding hydrogens is 318 g/mol. The summed E-state index contributed by atoms with van der Waals surface area (Å²) in [5.74, 6) is -0.741. The number of pyridine rings is 1. The fourth-order valence-electron chi connectivity index (χ4n) is 1.48. The van der Waals surface area contributed by atoms with Crippen molar-refractivity contribution >= 4 is 5.91 Å². The summed E-state index contributed by atoms with van der Waals surface area (Å²) in [5, 5.41) is 2.23. The maximum atomic E-state index is 12.4. The minimum absolute atomic E-state index is 0.0937. The normalized spacial score (nSPS) is 12.3. The van der Waals surface area contributed by atoms with Crippen molar-refractivity contribution in [3.8, 4) is 0 Å². The third-order valence-electron chi connectivity index (χ3n) is 2.42. The van der Waals surface area contributed by atoms with Crippen LogP contribution in [0.4, 0.5) is 26.3 Å². The van der Waals surface area contributed by atoms with Gasteiger partial charge in [0.2, 0.25) is 0 Å². The predicted molar refractivity (Wildman–Crippen MR) is 63.2 cm³/mol. The number of amides is 1. The second-order valence-electron chi connectivity index (χ2n) is 4.25. The quantitative estimate of drug-likeness (QED) is 0.667. The molecule has 4 nitrogen and oxygen atoms in total. The van der Waals surface area contributed by atoms with Gasteiger partial charge in [-0.1, -0.05) is 0 Å². The standard InChI is InChI=1S/C12H12F6N2O2/c1-7-8(2-3-9(20-7)12(16,17)18)10(21)19-4-5-22-6-11(13,14)15/h2-3H,4-6H2,1H3,(H,19,21). The zero-order valence-electron chi connectivity index (χ0n) is 11.3. The van der Waals surface area contributed by atoms with Crippen molar-refractivity contribution < 1.29 is 35.9 Å². The number of ether oxygens (including phenoxy) is 1. The van der Waals surface area contributed by atoms with Crippen LogP contribution in [0.25, 0.3) is 0 Å². The zero-order valence-corrected chi connectivity index (χ0v) is 11.3. The van der Waals surface area contributed by atoms with Crippen molar-refractivity contribution in [1.29, 1.82) is 0 Å². The average Bonchev–Trinajstić information content (AvgIpc) is 2.35. The Labute approximate surface area is 121 Å². The van der Waals surface area contributed by atoms with Crippen LogP contribution in [-0.4, -0.2) is 36.8 Å². The van der Waals surface area contributed by atoms with Gasteiger partial charge >= 0.3 is 12.4 Å². The van der Waals surface area contributed by atoms with E-state index in [4.69, 9.17) is 0 Å². The molecule has 1 amide bonds. The summed E-state index contributed by atoms with van der Waals surface area (Å²) in [6, 6.07) is 1.61. The fourth-order valence-corrected chi connectivity index (χ4v) is 1.48. The number of nitrogens with zero attached hydrogens (tertiary/aromatic N) is 1. The summed E-state index contributed by atoms with van der Waals surface area (Å²) in [6.45, 7) is -0.804. The van der Waals surface area contributed by atoms with E-state index in [2.05, 4.69) is 15.0 Å². The maximum absolute atomic E-state index is 12.4. The van der Waals surface area contributed by atoms with Crippen LogP contribution in [0.3, 0.4) is 0 Å². The minimum atomic E-state index is -4.62. The summed E-state index contributed by atoms with van der Waals surface area (Å²) in [6.07, 6.45) is -9.08. The first-order valence-electron chi connectivity index (χ1n) is 5.98. The Bertz CT molecular complexity index is 527. The lowest BCUT2D eigenvalue weighted by atomic mass is 10.1.